The predicted octanol–water partition coefficient (Wildman–Crippen LogP) is 4.46. The van der Waals surface area contributed by atoms with E-state index in [-0.39, 0.29) is 5.56 Å². The molecule has 0 aliphatic carbocycles. The zero-order valence-electron chi connectivity index (χ0n) is 19.7. The smallest absolute Gasteiger partial charge is 0.258 e. The first-order chi connectivity index (χ1) is 17.0. The summed E-state index contributed by atoms with van der Waals surface area (Å²) in [7, 11) is 3.20. The number of hydrogen-bond donors (Lipinski definition) is 0. The minimum atomic E-state index is -0.131. The molecule has 0 saturated carbocycles. The molecule has 5 rings (SSSR count). The molecule has 0 radical (unpaired) electrons. The standard InChI is InChI=1S/C25H23N5O4S/c1-15-8-11-21-26-17(12-22(31)29(21)13-15)14-35-25-28-27-24(20-10-9-16(2)34-20)30(25)23-18(32-3)6-5-7-19(23)33-4/h5-13H,14H2,1-4H3. The second-order valence-corrected chi connectivity index (χ2v) is 8.81. The summed E-state index contributed by atoms with van der Waals surface area (Å²) >= 11 is 1.40. The Bertz CT molecular complexity index is 1560. The summed E-state index contributed by atoms with van der Waals surface area (Å²) in [5.74, 6) is 3.41. The lowest BCUT2D eigenvalue weighted by molar-refractivity contribution is 0.390. The molecule has 0 spiro atoms. The second-order valence-electron chi connectivity index (χ2n) is 7.87. The zero-order valence-corrected chi connectivity index (χ0v) is 20.5. The minimum absolute atomic E-state index is 0.131. The van der Waals surface area contributed by atoms with Crippen molar-refractivity contribution in [3.63, 3.8) is 0 Å². The highest BCUT2D eigenvalue weighted by Gasteiger charge is 2.24. The number of aromatic nitrogens is 5. The number of methoxy groups -OCH3 is 2. The lowest BCUT2D eigenvalue weighted by Gasteiger charge is -2.16. The molecule has 0 aliphatic rings. The summed E-state index contributed by atoms with van der Waals surface area (Å²) in [5, 5.41) is 9.42. The molecule has 1 aromatic carbocycles. The van der Waals surface area contributed by atoms with E-state index in [1.165, 1.54) is 11.8 Å². The van der Waals surface area contributed by atoms with Crippen LogP contribution in [0.2, 0.25) is 0 Å². The minimum Gasteiger partial charge on any atom is -0.494 e. The van der Waals surface area contributed by atoms with Crippen LogP contribution < -0.4 is 15.0 Å². The summed E-state index contributed by atoms with van der Waals surface area (Å²) in [4.78, 5) is 17.3. The fraction of sp³-hybridized carbons (Fsp3) is 0.200. The van der Waals surface area contributed by atoms with Crippen LogP contribution in [0.15, 0.2) is 69.1 Å². The van der Waals surface area contributed by atoms with E-state index in [0.717, 1.165) is 11.3 Å². The highest BCUT2D eigenvalue weighted by Crippen LogP contribution is 2.39. The van der Waals surface area contributed by atoms with E-state index >= 15 is 0 Å². The molecule has 0 aliphatic heterocycles. The SMILES string of the molecule is COc1cccc(OC)c1-n1c(SCc2cc(=O)n3cc(C)ccc3n2)nnc1-c1ccc(C)o1. The first kappa shape index (κ1) is 22.7. The Kier molecular flexibility index (Phi) is 6.04. The Hall–Kier alpha value is -4.05. The topological polar surface area (TPSA) is 96.7 Å². The number of ether oxygens (including phenoxy) is 2. The molecule has 4 heterocycles. The van der Waals surface area contributed by atoms with Crippen molar-refractivity contribution in [2.45, 2.75) is 24.8 Å². The molecule has 4 aromatic heterocycles. The van der Waals surface area contributed by atoms with Gasteiger partial charge in [0.1, 0.15) is 28.6 Å². The number of hydrogen-bond acceptors (Lipinski definition) is 8. The average molecular weight is 490 g/mol. The summed E-state index contributed by atoms with van der Waals surface area (Å²) < 4.78 is 20.5. The first-order valence-corrected chi connectivity index (χ1v) is 11.8. The second kappa shape index (κ2) is 9.30. The normalized spacial score (nSPS) is 11.2. The van der Waals surface area contributed by atoms with Gasteiger partial charge in [-0.2, -0.15) is 0 Å². The molecule has 0 fully saturated rings. The van der Waals surface area contributed by atoms with Gasteiger partial charge in [-0.25, -0.2) is 4.98 Å². The number of rotatable bonds is 7. The van der Waals surface area contributed by atoms with Crippen LogP contribution in [0.3, 0.4) is 0 Å². The van der Waals surface area contributed by atoms with Crippen molar-refractivity contribution < 1.29 is 13.9 Å². The fourth-order valence-electron chi connectivity index (χ4n) is 3.80. The van der Waals surface area contributed by atoms with Gasteiger partial charge in [0.05, 0.1) is 19.9 Å². The highest BCUT2D eigenvalue weighted by molar-refractivity contribution is 7.98. The van der Waals surface area contributed by atoms with Crippen LogP contribution in [0, 0.1) is 13.8 Å². The predicted molar refractivity (Wildman–Crippen MR) is 133 cm³/mol. The van der Waals surface area contributed by atoms with E-state index < -0.39 is 0 Å². The van der Waals surface area contributed by atoms with Gasteiger partial charge >= 0.3 is 0 Å². The van der Waals surface area contributed by atoms with Gasteiger partial charge in [-0.1, -0.05) is 23.9 Å². The molecule has 0 bridgehead atoms. The Morgan fingerprint density at radius 3 is 2.46 bits per heavy atom. The molecule has 10 heteroatoms. The molecule has 0 unspecified atom stereocenters. The van der Waals surface area contributed by atoms with Gasteiger partial charge in [-0.05, 0) is 49.7 Å². The summed E-state index contributed by atoms with van der Waals surface area (Å²) in [6.45, 7) is 3.81. The zero-order chi connectivity index (χ0) is 24.5. The maximum absolute atomic E-state index is 12.6. The molecule has 0 amide bonds. The molecule has 9 nitrogen and oxygen atoms in total. The molecule has 35 heavy (non-hydrogen) atoms. The lowest BCUT2D eigenvalue weighted by atomic mass is 10.2. The number of benzene rings is 1. The maximum atomic E-state index is 12.6. The van der Waals surface area contributed by atoms with Crippen LogP contribution in [0.5, 0.6) is 11.5 Å². The highest BCUT2D eigenvalue weighted by atomic mass is 32.2. The molecular weight excluding hydrogens is 466 g/mol. The van der Waals surface area contributed by atoms with Crippen LogP contribution in [0.25, 0.3) is 22.9 Å². The van der Waals surface area contributed by atoms with E-state index in [1.807, 2.05) is 60.9 Å². The van der Waals surface area contributed by atoms with Crippen molar-refractivity contribution in [3.8, 4) is 28.8 Å². The number of fused-ring (bicyclic) bond motifs is 1. The quantitative estimate of drug-likeness (QED) is 0.309. The van der Waals surface area contributed by atoms with E-state index in [0.29, 0.717) is 51.0 Å². The van der Waals surface area contributed by atoms with Gasteiger partial charge in [0.25, 0.3) is 5.56 Å². The van der Waals surface area contributed by atoms with Gasteiger partial charge in [-0.3, -0.25) is 13.8 Å². The average Bonchev–Trinajstić information content (AvgIpc) is 3.48. The Labute approximate surface area is 205 Å². The lowest BCUT2D eigenvalue weighted by Crippen LogP contribution is -2.15. The third-order valence-electron chi connectivity index (χ3n) is 5.43. The van der Waals surface area contributed by atoms with E-state index in [2.05, 4.69) is 15.2 Å². The third kappa shape index (κ3) is 4.28. The summed E-state index contributed by atoms with van der Waals surface area (Å²) in [6.07, 6.45) is 1.78. The number of pyridine rings is 1. The van der Waals surface area contributed by atoms with Crippen LogP contribution >= 0.6 is 11.8 Å². The molecule has 0 saturated heterocycles. The van der Waals surface area contributed by atoms with E-state index in [9.17, 15) is 4.79 Å². The first-order valence-electron chi connectivity index (χ1n) is 10.8. The Balaban J connectivity index is 1.59. The number of para-hydroxylation sites is 1. The molecule has 178 valence electrons. The Morgan fingerprint density at radius 2 is 1.77 bits per heavy atom. The van der Waals surface area contributed by atoms with Crippen molar-refractivity contribution in [1.29, 1.82) is 0 Å². The van der Waals surface area contributed by atoms with Crippen LogP contribution in [-0.2, 0) is 5.75 Å². The third-order valence-corrected chi connectivity index (χ3v) is 6.39. The van der Waals surface area contributed by atoms with Crippen molar-refractivity contribution in [1.82, 2.24) is 24.1 Å². The Morgan fingerprint density at radius 1 is 1.00 bits per heavy atom. The van der Waals surface area contributed by atoms with Crippen molar-refractivity contribution in [3.05, 3.63) is 82.1 Å². The number of thioether (sulfide) groups is 1. The summed E-state index contributed by atoms with van der Waals surface area (Å²) in [5.41, 5.74) is 2.74. The maximum Gasteiger partial charge on any atom is 0.258 e. The van der Waals surface area contributed by atoms with Crippen LogP contribution in [-0.4, -0.2) is 38.4 Å². The summed E-state index contributed by atoms with van der Waals surface area (Å²) in [6, 6.07) is 14.6. The van der Waals surface area contributed by atoms with Gasteiger partial charge < -0.3 is 13.9 Å². The number of furan rings is 1. The van der Waals surface area contributed by atoms with Crippen LogP contribution in [0.1, 0.15) is 17.0 Å². The monoisotopic (exact) mass is 489 g/mol. The van der Waals surface area contributed by atoms with Gasteiger partial charge in [0, 0.05) is 18.0 Å². The fourth-order valence-corrected chi connectivity index (χ4v) is 4.63. The van der Waals surface area contributed by atoms with Crippen molar-refractivity contribution in [2.24, 2.45) is 0 Å². The largest absolute Gasteiger partial charge is 0.494 e. The van der Waals surface area contributed by atoms with Gasteiger partial charge in [0.2, 0.25) is 5.82 Å². The van der Waals surface area contributed by atoms with Crippen molar-refractivity contribution >= 4 is 17.4 Å². The molecule has 0 atom stereocenters. The van der Waals surface area contributed by atoms with Crippen molar-refractivity contribution in [2.75, 3.05) is 14.2 Å². The number of nitrogens with zero attached hydrogens (tertiary/aromatic N) is 5. The van der Waals surface area contributed by atoms with Gasteiger partial charge in [-0.15, -0.1) is 10.2 Å². The molecular formula is C25H23N5O4S. The molecule has 0 N–H and O–H groups in total. The van der Waals surface area contributed by atoms with Crippen LogP contribution in [0.4, 0.5) is 0 Å². The van der Waals surface area contributed by atoms with E-state index in [4.69, 9.17) is 13.9 Å². The molecule has 5 aromatic rings. The van der Waals surface area contributed by atoms with E-state index in [1.54, 1.807) is 30.9 Å². The number of aryl methyl sites for hydroxylation is 2. The van der Waals surface area contributed by atoms with Gasteiger partial charge in [0.15, 0.2) is 10.9 Å².